The molecule has 0 aliphatic carbocycles. The second kappa shape index (κ2) is 6.91. The Labute approximate surface area is 143 Å². The van der Waals surface area contributed by atoms with E-state index < -0.39 is 0 Å². The lowest BCUT2D eigenvalue weighted by molar-refractivity contribution is 0.102. The van der Waals surface area contributed by atoms with E-state index in [0.29, 0.717) is 23.0 Å². The van der Waals surface area contributed by atoms with Gasteiger partial charge in [0.15, 0.2) is 5.82 Å². The summed E-state index contributed by atoms with van der Waals surface area (Å²) in [6, 6.07) is 7.43. The highest BCUT2D eigenvalue weighted by atomic mass is 127. The summed E-state index contributed by atoms with van der Waals surface area (Å²) in [5.74, 6) is 1.09. The molecule has 2 rings (SSSR count). The first-order valence-corrected chi connectivity index (χ1v) is 7.75. The Bertz CT molecular complexity index is 687. The highest BCUT2D eigenvalue weighted by Gasteiger charge is 2.15. The fourth-order valence-corrected chi connectivity index (χ4v) is 2.48. The van der Waals surface area contributed by atoms with Crippen LogP contribution in [0.1, 0.15) is 10.4 Å². The van der Waals surface area contributed by atoms with Gasteiger partial charge in [-0.2, -0.15) is 4.98 Å². The van der Waals surface area contributed by atoms with E-state index in [9.17, 15) is 4.79 Å². The quantitative estimate of drug-likeness (QED) is 0.784. The maximum atomic E-state index is 12.4. The van der Waals surface area contributed by atoms with E-state index in [1.807, 2.05) is 56.2 Å². The van der Waals surface area contributed by atoms with Crippen molar-refractivity contribution in [1.82, 2.24) is 9.97 Å². The molecule has 1 N–H and O–H groups in total. The number of amides is 1. The fourth-order valence-electron chi connectivity index (χ4n) is 1.84. The van der Waals surface area contributed by atoms with Gasteiger partial charge in [0.1, 0.15) is 5.69 Å². The van der Waals surface area contributed by atoms with Crippen molar-refractivity contribution in [2.75, 3.05) is 43.3 Å². The topological polar surface area (TPSA) is 61.4 Å². The van der Waals surface area contributed by atoms with E-state index >= 15 is 0 Å². The minimum Gasteiger partial charge on any atom is -0.361 e. The van der Waals surface area contributed by atoms with Crippen LogP contribution < -0.4 is 15.1 Å². The SMILES string of the molecule is CN(C)c1ncc(NC(=O)c2ccccc2I)c(N(C)C)n1. The van der Waals surface area contributed by atoms with Crippen LogP contribution >= 0.6 is 22.6 Å². The second-order valence-electron chi connectivity index (χ2n) is 5.13. The highest BCUT2D eigenvalue weighted by molar-refractivity contribution is 14.1. The highest BCUT2D eigenvalue weighted by Crippen LogP contribution is 2.24. The van der Waals surface area contributed by atoms with Gasteiger partial charge in [-0.15, -0.1) is 0 Å². The van der Waals surface area contributed by atoms with E-state index in [1.165, 1.54) is 0 Å². The average molecular weight is 411 g/mol. The van der Waals surface area contributed by atoms with Gasteiger partial charge in [0.25, 0.3) is 5.91 Å². The Hall–Kier alpha value is -1.90. The van der Waals surface area contributed by atoms with Crippen molar-refractivity contribution in [3.63, 3.8) is 0 Å². The van der Waals surface area contributed by atoms with Crippen LogP contribution in [0.4, 0.5) is 17.5 Å². The third-order valence-corrected chi connectivity index (χ3v) is 3.89. The van der Waals surface area contributed by atoms with Gasteiger partial charge < -0.3 is 15.1 Å². The maximum Gasteiger partial charge on any atom is 0.256 e. The van der Waals surface area contributed by atoms with Gasteiger partial charge in [0.05, 0.1) is 11.8 Å². The minimum atomic E-state index is -0.172. The third-order valence-electron chi connectivity index (χ3n) is 2.95. The van der Waals surface area contributed by atoms with Crippen LogP contribution in [0.15, 0.2) is 30.5 Å². The van der Waals surface area contributed by atoms with E-state index in [-0.39, 0.29) is 5.91 Å². The summed E-state index contributed by atoms with van der Waals surface area (Å²) >= 11 is 2.15. The van der Waals surface area contributed by atoms with Crippen molar-refractivity contribution in [2.24, 2.45) is 0 Å². The zero-order valence-electron chi connectivity index (χ0n) is 13.0. The summed E-state index contributed by atoms with van der Waals surface area (Å²) in [6.45, 7) is 0. The van der Waals surface area contributed by atoms with Gasteiger partial charge >= 0.3 is 0 Å². The largest absolute Gasteiger partial charge is 0.361 e. The van der Waals surface area contributed by atoms with Crippen LogP contribution in [0.5, 0.6) is 0 Å². The molecule has 0 spiro atoms. The fraction of sp³-hybridized carbons (Fsp3) is 0.267. The molecule has 2 aromatic rings. The molecule has 1 heterocycles. The Morgan fingerprint density at radius 1 is 1.14 bits per heavy atom. The molecule has 0 unspecified atom stereocenters. The van der Waals surface area contributed by atoms with Crippen LogP contribution in [-0.2, 0) is 0 Å². The number of carbonyl (C=O) groups excluding carboxylic acids is 1. The lowest BCUT2D eigenvalue weighted by Crippen LogP contribution is -2.21. The average Bonchev–Trinajstić information content (AvgIpc) is 2.47. The molecule has 22 heavy (non-hydrogen) atoms. The molecule has 0 aliphatic rings. The summed E-state index contributed by atoms with van der Waals surface area (Å²) in [4.78, 5) is 24.8. The molecule has 0 radical (unpaired) electrons. The number of aromatic nitrogens is 2. The third kappa shape index (κ3) is 3.65. The van der Waals surface area contributed by atoms with Crippen LogP contribution in [0.25, 0.3) is 0 Å². The van der Waals surface area contributed by atoms with Crippen LogP contribution in [-0.4, -0.2) is 44.1 Å². The van der Waals surface area contributed by atoms with Gasteiger partial charge in [0, 0.05) is 31.8 Å². The normalized spacial score (nSPS) is 10.2. The molecule has 1 amide bonds. The monoisotopic (exact) mass is 411 g/mol. The van der Waals surface area contributed by atoms with E-state index in [1.54, 1.807) is 12.3 Å². The Balaban J connectivity index is 2.33. The summed E-state index contributed by atoms with van der Waals surface area (Å²) < 4.78 is 0.898. The molecule has 0 atom stereocenters. The number of nitrogens with zero attached hydrogens (tertiary/aromatic N) is 4. The minimum absolute atomic E-state index is 0.172. The summed E-state index contributed by atoms with van der Waals surface area (Å²) in [5.41, 5.74) is 1.21. The van der Waals surface area contributed by atoms with E-state index in [0.717, 1.165) is 3.57 Å². The summed E-state index contributed by atoms with van der Waals surface area (Å²) in [7, 11) is 7.51. The van der Waals surface area contributed by atoms with E-state index in [4.69, 9.17) is 0 Å². The molecule has 0 aliphatic heterocycles. The standard InChI is InChI=1S/C15H18IN5O/c1-20(2)13-12(9-17-15(19-13)21(3)4)18-14(22)10-7-5-6-8-11(10)16/h5-9H,1-4H3,(H,18,22). The summed E-state index contributed by atoms with van der Waals surface area (Å²) in [5, 5.41) is 2.89. The molecule has 0 saturated heterocycles. The number of halogens is 1. The van der Waals surface area contributed by atoms with Gasteiger partial charge in [-0.3, -0.25) is 4.79 Å². The van der Waals surface area contributed by atoms with Crippen LogP contribution in [0.2, 0.25) is 0 Å². The number of nitrogens with one attached hydrogen (secondary N) is 1. The molecule has 0 bridgehead atoms. The molecule has 1 aromatic heterocycles. The molecule has 0 fully saturated rings. The zero-order valence-corrected chi connectivity index (χ0v) is 15.1. The maximum absolute atomic E-state index is 12.4. The lowest BCUT2D eigenvalue weighted by Gasteiger charge is -2.19. The van der Waals surface area contributed by atoms with Crippen molar-refractivity contribution < 1.29 is 4.79 Å². The van der Waals surface area contributed by atoms with Crippen molar-refractivity contribution in [3.05, 3.63) is 39.6 Å². The zero-order chi connectivity index (χ0) is 16.3. The Morgan fingerprint density at radius 2 is 1.82 bits per heavy atom. The summed E-state index contributed by atoms with van der Waals surface area (Å²) in [6.07, 6.45) is 1.63. The van der Waals surface area contributed by atoms with Crippen molar-refractivity contribution >= 4 is 46.0 Å². The van der Waals surface area contributed by atoms with Crippen LogP contribution in [0, 0.1) is 3.57 Å². The first-order chi connectivity index (χ1) is 10.4. The van der Waals surface area contributed by atoms with Gasteiger partial charge in [-0.05, 0) is 34.7 Å². The number of rotatable bonds is 4. The van der Waals surface area contributed by atoms with Gasteiger partial charge in [0.2, 0.25) is 5.95 Å². The molecular weight excluding hydrogens is 393 g/mol. The Morgan fingerprint density at radius 3 is 2.41 bits per heavy atom. The number of hydrogen-bond donors (Lipinski definition) is 1. The van der Waals surface area contributed by atoms with E-state index in [2.05, 4.69) is 37.9 Å². The smallest absolute Gasteiger partial charge is 0.256 e. The molecule has 0 saturated carbocycles. The predicted octanol–water partition coefficient (Wildman–Crippen LogP) is 2.47. The lowest BCUT2D eigenvalue weighted by atomic mass is 10.2. The second-order valence-corrected chi connectivity index (χ2v) is 6.29. The van der Waals surface area contributed by atoms with Gasteiger partial charge in [-0.1, -0.05) is 12.1 Å². The molecule has 6 nitrogen and oxygen atoms in total. The number of benzene rings is 1. The Kier molecular flexibility index (Phi) is 5.17. The molecule has 1 aromatic carbocycles. The number of carbonyl (C=O) groups is 1. The molecule has 116 valence electrons. The van der Waals surface area contributed by atoms with Crippen LogP contribution in [0.3, 0.4) is 0 Å². The first-order valence-electron chi connectivity index (χ1n) is 6.67. The van der Waals surface area contributed by atoms with Crippen molar-refractivity contribution in [1.29, 1.82) is 0 Å². The van der Waals surface area contributed by atoms with Crippen molar-refractivity contribution in [3.8, 4) is 0 Å². The van der Waals surface area contributed by atoms with Crippen molar-refractivity contribution in [2.45, 2.75) is 0 Å². The number of hydrogen-bond acceptors (Lipinski definition) is 5. The first kappa shape index (κ1) is 16.5. The van der Waals surface area contributed by atoms with Gasteiger partial charge in [-0.25, -0.2) is 4.98 Å². The molecular formula is C15H18IN5O. The molecule has 7 heteroatoms. The number of anilines is 3. The predicted molar refractivity (Wildman–Crippen MR) is 97.8 cm³/mol.